The molecule has 0 radical (unpaired) electrons. The molecular weight excluding hydrogens is 360 g/mol. The zero-order chi connectivity index (χ0) is 20.7. The summed E-state index contributed by atoms with van der Waals surface area (Å²) < 4.78 is 13.2. The fraction of sp³-hybridized carbons (Fsp3) is 1.00. The van der Waals surface area contributed by atoms with Gasteiger partial charge in [-0.25, -0.2) is 0 Å². The lowest BCUT2D eigenvalue weighted by Crippen LogP contribution is -2.61. The first-order valence-electron chi connectivity index (χ1n) is 12.6. The molecule has 0 bridgehead atoms. The van der Waals surface area contributed by atoms with Gasteiger partial charge in [0, 0.05) is 17.3 Å². The van der Waals surface area contributed by atoms with Crippen molar-refractivity contribution in [2.75, 3.05) is 13.2 Å². The molecule has 3 nitrogen and oxygen atoms in total. The molecule has 1 aliphatic heterocycles. The highest BCUT2D eigenvalue weighted by molar-refractivity contribution is 5.13. The van der Waals surface area contributed by atoms with Crippen molar-refractivity contribution in [1.82, 2.24) is 0 Å². The molecule has 5 aliphatic rings. The molecule has 8 atom stereocenters. The van der Waals surface area contributed by atoms with Crippen LogP contribution < -0.4 is 0 Å². The van der Waals surface area contributed by atoms with Gasteiger partial charge in [-0.1, -0.05) is 41.0 Å². The number of ether oxygens (including phenoxy) is 2. The summed E-state index contributed by atoms with van der Waals surface area (Å²) in [5.41, 5.74) is 0.739. The number of aliphatic hydroxyl groups excluding tert-OH is 1. The van der Waals surface area contributed by atoms with Crippen molar-refractivity contribution >= 4 is 0 Å². The van der Waals surface area contributed by atoms with Gasteiger partial charge in [-0.3, -0.25) is 0 Å². The molecule has 3 heteroatoms. The standard InChI is InChI=1S/C26H44O3/c1-6-17-19-8-7-18-20(24(19,4)12-11-22(17)27)9-13-25(5)21(18)10-14-26(25)28-15-23(2,3)16-29-26/h17-22,27H,6-16H2,1-5H3. The molecule has 29 heavy (non-hydrogen) atoms. The summed E-state index contributed by atoms with van der Waals surface area (Å²) in [5, 5.41) is 10.7. The van der Waals surface area contributed by atoms with E-state index >= 15 is 0 Å². The Morgan fingerprint density at radius 3 is 2.17 bits per heavy atom. The predicted octanol–water partition coefficient (Wildman–Crippen LogP) is 5.80. The van der Waals surface area contributed by atoms with Gasteiger partial charge in [0.2, 0.25) is 0 Å². The molecule has 0 aromatic carbocycles. The summed E-state index contributed by atoms with van der Waals surface area (Å²) in [6.45, 7) is 13.6. The smallest absolute Gasteiger partial charge is 0.173 e. The van der Waals surface area contributed by atoms with Crippen molar-refractivity contribution in [2.45, 2.75) is 104 Å². The Balaban J connectivity index is 1.41. The second-order valence-corrected chi connectivity index (χ2v) is 12.7. The largest absolute Gasteiger partial charge is 0.393 e. The molecule has 5 rings (SSSR count). The van der Waals surface area contributed by atoms with Crippen molar-refractivity contribution in [3.8, 4) is 0 Å². The van der Waals surface area contributed by atoms with E-state index in [1.807, 2.05) is 0 Å². The van der Waals surface area contributed by atoms with Crippen LogP contribution in [0.25, 0.3) is 0 Å². The third-order valence-electron chi connectivity index (χ3n) is 10.8. The lowest BCUT2D eigenvalue weighted by Gasteiger charge is -2.63. The molecule has 1 spiro atoms. The lowest BCUT2D eigenvalue weighted by molar-refractivity contribution is -0.348. The van der Waals surface area contributed by atoms with E-state index in [1.165, 1.54) is 38.5 Å². The van der Waals surface area contributed by atoms with E-state index in [1.54, 1.807) is 0 Å². The molecule has 0 aromatic rings. The van der Waals surface area contributed by atoms with Crippen LogP contribution in [0.3, 0.4) is 0 Å². The van der Waals surface area contributed by atoms with Gasteiger partial charge in [-0.15, -0.1) is 0 Å². The van der Waals surface area contributed by atoms with Crippen molar-refractivity contribution in [1.29, 1.82) is 0 Å². The van der Waals surface area contributed by atoms with Gasteiger partial charge in [0.05, 0.1) is 19.3 Å². The highest BCUT2D eigenvalue weighted by Gasteiger charge is 2.67. The van der Waals surface area contributed by atoms with Crippen molar-refractivity contribution in [3.63, 3.8) is 0 Å². The van der Waals surface area contributed by atoms with Gasteiger partial charge in [0.1, 0.15) is 0 Å². The van der Waals surface area contributed by atoms with Crippen LogP contribution >= 0.6 is 0 Å². The number of aliphatic hydroxyl groups is 1. The Bertz CT molecular complexity index is 634. The maximum absolute atomic E-state index is 10.7. The van der Waals surface area contributed by atoms with Crippen LogP contribution in [0.15, 0.2) is 0 Å². The van der Waals surface area contributed by atoms with Gasteiger partial charge in [-0.05, 0) is 80.0 Å². The van der Waals surface area contributed by atoms with Gasteiger partial charge >= 0.3 is 0 Å². The average molecular weight is 405 g/mol. The zero-order valence-electron chi connectivity index (χ0n) is 19.5. The fourth-order valence-electron chi connectivity index (χ4n) is 9.20. The third kappa shape index (κ3) is 2.79. The third-order valence-corrected chi connectivity index (χ3v) is 10.8. The molecule has 1 N–H and O–H groups in total. The summed E-state index contributed by atoms with van der Waals surface area (Å²) in [7, 11) is 0. The predicted molar refractivity (Wildman–Crippen MR) is 115 cm³/mol. The molecule has 0 amide bonds. The minimum absolute atomic E-state index is 0.0642. The van der Waals surface area contributed by atoms with Crippen LogP contribution in [0.4, 0.5) is 0 Å². The first-order valence-corrected chi connectivity index (χ1v) is 12.6. The molecular formula is C26H44O3. The number of hydrogen-bond donors (Lipinski definition) is 1. The maximum atomic E-state index is 10.7. The van der Waals surface area contributed by atoms with E-state index in [2.05, 4.69) is 34.6 Å². The monoisotopic (exact) mass is 404 g/mol. The van der Waals surface area contributed by atoms with Gasteiger partial charge < -0.3 is 14.6 Å². The number of hydrogen-bond acceptors (Lipinski definition) is 3. The zero-order valence-corrected chi connectivity index (χ0v) is 19.5. The number of fused-ring (bicyclic) bond motifs is 6. The quantitative estimate of drug-likeness (QED) is 0.601. The summed E-state index contributed by atoms with van der Waals surface area (Å²) in [4.78, 5) is 0. The maximum Gasteiger partial charge on any atom is 0.173 e. The Morgan fingerprint density at radius 1 is 0.793 bits per heavy atom. The number of rotatable bonds is 1. The van der Waals surface area contributed by atoms with E-state index < -0.39 is 0 Å². The van der Waals surface area contributed by atoms with Crippen LogP contribution in [-0.2, 0) is 9.47 Å². The van der Waals surface area contributed by atoms with Gasteiger partial charge in [-0.2, -0.15) is 0 Å². The van der Waals surface area contributed by atoms with E-state index in [0.29, 0.717) is 11.3 Å². The molecule has 4 saturated carbocycles. The van der Waals surface area contributed by atoms with E-state index in [0.717, 1.165) is 56.1 Å². The minimum atomic E-state index is -0.329. The Morgan fingerprint density at radius 2 is 1.48 bits per heavy atom. The van der Waals surface area contributed by atoms with Crippen molar-refractivity contribution < 1.29 is 14.6 Å². The first-order chi connectivity index (χ1) is 13.7. The summed E-state index contributed by atoms with van der Waals surface area (Å²) in [5.74, 6) is 3.31. The molecule has 1 saturated heterocycles. The normalized spacial score (nSPS) is 53.2. The average Bonchev–Trinajstić information content (AvgIpc) is 2.97. The summed E-state index contributed by atoms with van der Waals surface area (Å²) >= 11 is 0. The van der Waals surface area contributed by atoms with Crippen molar-refractivity contribution in [3.05, 3.63) is 0 Å². The van der Waals surface area contributed by atoms with Crippen LogP contribution in [0.5, 0.6) is 0 Å². The topological polar surface area (TPSA) is 38.7 Å². The van der Waals surface area contributed by atoms with Crippen LogP contribution in [0.1, 0.15) is 92.4 Å². The minimum Gasteiger partial charge on any atom is -0.393 e. The van der Waals surface area contributed by atoms with Crippen LogP contribution in [-0.4, -0.2) is 30.2 Å². The highest BCUT2D eigenvalue weighted by Crippen LogP contribution is 2.70. The Hall–Kier alpha value is -0.120. The Labute approximate surface area is 178 Å². The van der Waals surface area contributed by atoms with E-state index in [9.17, 15) is 5.11 Å². The van der Waals surface area contributed by atoms with Crippen LogP contribution in [0.2, 0.25) is 0 Å². The summed E-state index contributed by atoms with van der Waals surface area (Å²) in [6.07, 6.45) is 10.9. The second kappa shape index (κ2) is 6.69. The highest BCUT2D eigenvalue weighted by atomic mass is 16.7. The molecule has 166 valence electrons. The molecule has 1 heterocycles. The summed E-state index contributed by atoms with van der Waals surface area (Å²) in [6, 6.07) is 0. The molecule has 4 aliphatic carbocycles. The van der Waals surface area contributed by atoms with Gasteiger partial charge in [0.15, 0.2) is 5.79 Å². The van der Waals surface area contributed by atoms with Gasteiger partial charge in [0.25, 0.3) is 0 Å². The van der Waals surface area contributed by atoms with E-state index in [-0.39, 0.29) is 22.7 Å². The Kier molecular flexibility index (Phi) is 4.79. The SMILES string of the molecule is CCC1C(O)CCC2(C)C1CCC1C2CCC2(C)C1CCC21OCC(C)(C)CO1. The van der Waals surface area contributed by atoms with Crippen molar-refractivity contribution in [2.24, 2.45) is 45.8 Å². The molecule has 0 aromatic heterocycles. The fourth-order valence-corrected chi connectivity index (χ4v) is 9.20. The van der Waals surface area contributed by atoms with Crippen LogP contribution in [0, 0.1) is 45.8 Å². The second-order valence-electron chi connectivity index (χ2n) is 12.7. The van der Waals surface area contributed by atoms with E-state index in [4.69, 9.17) is 9.47 Å². The molecule has 8 unspecified atom stereocenters. The molecule has 5 fully saturated rings. The lowest BCUT2D eigenvalue weighted by atomic mass is 9.43. The first kappa shape index (κ1) is 20.8.